The van der Waals surface area contributed by atoms with E-state index in [1.54, 1.807) is 10.7 Å². The minimum atomic E-state index is -0.799. The van der Waals surface area contributed by atoms with E-state index in [0.29, 0.717) is 6.42 Å². The van der Waals surface area contributed by atoms with Gasteiger partial charge in [-0.2, -0.15) is 9.61 Å². The molecule has 7 heteroatoms. The van der Waals surface area contributed by atoms with Crippen molar-refractivity contribution in [2.75, 3.05) is 5.32 Å². The maximum Gasteiger partial charge on any atom is 0.157 e. The summed E-state index contributed by atoms with van der Waals surface area (Å²) >= 11 is 0. The lowest BCUT2D eigenvalue weighted by Gasteiger charge is -2.19. The highest BCUT2D eigenvalue weighted by Crippen LogP contribution is 2.31. The molecule has 4 N–H and O–H groups in total. The molecule has 1 aromatic carbocycles. The number of fused-ring (bicyclic) bond motifs is 2. The van der Waals surface area contributed by atoms with E-state index < -0.39 is 12.2 Å². The summed E-state index contributed by atoms with van der Waals surface area (Å²) in [5.74, 6) is 0.798. The first kappa shape index (κ1) is 16.3. The van der Waals surface area contributed by atoms with Gasteiger partial charge in [0.1, 0.15) is 11.9 Å². The molecule has 0 saturated heterocycles. The SMILES string of the molecule is C[C@@H]1C[C@@H](Nc2ccnc3cc(-c4cccc5[nH]ccc45)nn23)[C@H](O)[C@@H]1O. The van der Waals surface area contributed by atoms with Crippen LogP contribution in [0.2, 0.25) is 0 Å². The number of aliphatic hydroxyl groups excluding tert-OH is 2. The van der Waals surface area contributed by atoms with Crippen molar-refractivity contribution in [2.24, 2.45) is 5.92 Å². The van der Waals surface area contributed by atoms with Crippen LogP contribution in [0.4, 0.5) is 5.82 Å². The van der Waals surface area contributed by atoms with E-state index >= 15 is 0 Å². The summed E-state index contributed by atoms with van der Waals surface area (Å²) in [5, 5.41) is 29.5. The highest BCUT2D eigenvalue weighted by atomic mass is 16.3. The molecule has 4 aromatic rings. The lowest BCUT2D eigenvalue weighted by molar-refractivity contribution is 0.0210. The Morgan fingerprint density at radius 1 is 1.19 bits per heavy atom. The van der Waals surface area contributed by atoms with Crippen LogP contribution >= 0.6 is 0 Å². The molecule has 0 unspecified atom stereocenters. The molecule has 1 fully saturated rings. The van der Waals surface area contributed by atoms with Gasteiger partial charge in [-0.1, -0.05) is 19.1 Å². The molecule has 0 amide bonds. The average molecular weight is 363 g/mol. The average Bonchev–Trinajstić information content (AvgIpc) is 3.37. The third-order valence-electron chi connectivity index (χ3n) is 5.53. The number of aromatic nitrogens is 4. The van der Waals surface area contributed by atoms with E-state index in [0.717, 1.165) is 33.6 Å². The summed E-state index contributed by atoms with van der Waals surface area (Å²) in [7, 11) is 0. The Bertz CT molecular complexity index is 1120. The predicted octanol–water partition coefficient (Wildman–Crippen LogP) is 2.42. The molecule has 1 saturated carbocycles. The quantitative estimate of drug-likeness (QED) is 0.448. The highest BCUT2D eigenvalue weighted by molar-refractivity contribution is 5.94. The molecule has 1 aliphatic rings. The summed E-state index contributed by atoms with van der Waals surface area (Å²) in [5.41, 5.74) is 3.66. The summed E-state index contributed by atoms with van der Waals surface area (Å²) in [4.78, 5) is 7.64. The Morgan fingerprint density at radius 2 is 2.07 bits per heavy atom. The fraction of sp³-hybridized carbons (Fsp3) is 0.300. The Hall–Kier alpha value is -2.90. The van der Waals surface area contributed by atoms with Gasteiger partial charge in [-0.3, -0.25) is 0 Å². The van der Waals surface area contributed by atoms with Crippen molar-refractivity contribution < 1.29 is 10.2 Å². The number of benzene rings is 1. The third-order valence-corrected chi connectivity index (χ3v) is 5.53. The van der Waals surface area contributed by atoms with Gasteiger partial charge in [-0.15, -0.1) is 0 Å². The van der Waals surface area contributed by atoms with Crippen molar-refractivity contribution in [2.45, 2.75) is 31.6 Å². The molecule has 0 aliphatic heterocycles. The first-order valence-corrected chi connectivity index (χ1v) is 9.16. The van der Waals surface area contributed by atoms with Gasteiger partial charge in [0, 0.05) is 34.9 Å². The van der Waals surface area contributed by atoms with Crippen LogP contribution in [0.1, 0.15) is 13.3 Å². The maximum absolute atomic E-state index is 10.3. The van der Waals surface area contributed by atoms with E-state index in [4.69, 9.17) is 5.10 Å². The van der Waals surface area contributed by atoms with Crippen molar-refractivity contribution >= 4 is 22.4 Å². The van der Waals surface area contributed by atoms with Crippen molar-refractivity contribution in [3.63, 3.8) is 0 Å². The van der Waals surface area contributed by atoms with Crippen molar-refractivity contribution in [3.05, 3.63) is 48.8 Å². The predicted molar refractivity (Wildman–Crippen MR) is 103 cm³/mol. The number of rotatable bonds is 3. The van der Waals surface area contributed by atoms with Gasteiger partial charge < -0.3 is 20.5 Å². The van der Waals surface area contributed by atoms with Crippen LogP contribution < -0.4 is 5.32 Å². The fourth-order valence-corrected chi connectivity index (χ4v) is 4.03. The first-order chi connectivity index (χ1) is 13.1. The first-order valence-electron chi connectivity index (χ1n) is 9.16. The summed E-state index contributed by atoms with van der Waals surface area (Å²) < 4.78 is 1.75. The second-order valence-corrected chi connectivity index (χ2v) is 7.32. The standard InChI is InChI=1S/C20H21N5O2/c1-11-9-16(20(27)19(11)26)23-17-6-8-22-18-10-15(24-25(17)18)12-3-2-4-14-13(12)5-7-21-14/h2-8,10-11,16,19-21,23,26-27H,9H2,1H3/t11-,16-,19-,20+/m1/s1. The molecule has 138 valence electrons. The summed E-state index contributed by atoms with van der Waals surface area (Å²) in [6.07, 6.45) is 2.83. The molecule has 0 spiro atoms. The Balaban J connectivity index is 1.55. The van der Waals surface area contributed by atoms with Gasteiger partial charge in [0.2, 0.25) is 0 Å². The second-order valence-electron chi connectivity index (χ2n) is 7.32. The van der Waals surface area contributed by atoms with E-state index in [9.17, 15) is 10.2 Å². The van der Waals surface area contributed by atoms with Crippen molar-refractivity contribution in [1.82, 2.24) is 19.6 Å². The molecular formula is C20H21N5O2. The van der Waals surface area contributed by atoms with Crippen LogP contribution in [0.3, 0.4) is 0 Å². The van der Waals surface area contributed by atoms with Gasteiger partial charge in [-0.05, 0) is 30.5 Å². The highest BCUT2D eigenvalue weighted by Gasteiger charge is 2.39. The van der Waals surface area contributed by atoms with Crippen LogP contribution in [-0.2, 0) is 0 Å². The van der Waals surface area contributed by atoms with Crippen LogP contribution in [0.25, 0.3) is 27.8 Å². The van der Waals surface area contributed by atoms with Crippen LogP contribution in [0, 0.1) is 5.92 Å². The molecule has 3 aromatic heterocycles. The third kappa shape index (κ3) is 2.58. The number of hydrogen-bond acceptors (Lipinski definition) is 5. The van der Waals surface area contributed by atoms with E-state index in [2.05, 4.69) is 15.3 Å². The zero-order valence-corrected chi connectivity index (χ0v) is 14.9. The molecule has 4 atom stereocenters. The number of hydrogen-bond donors (Lipinski definition) is 4. The molecule has 0 bridgehead atoms. The summed E-state index contributed by atoms with van der Waals surface area (Å²) in [6, 6.07) is 11.7. The van der Waals surface area contributed by atoms with E-state index in [1.807, 2.05) is 49.5 Å². The van der Waals surface area contributed by atoms with Gasteiger partial charge >= 0.3 is 0 Å². The second kappa shape index (κ2) is 6.07. The number of anilines is 1. The Labute approximate surface area is 155 Å². The number of H-pyrrole nitrogens is 1. The van der Waals surface area contributed by atoms with Gasteiger partial charge in [-0.25, -0.2) is 4.98 Å². The largest absolute Gasteiger partial charge is 0.390 e. The van der Waals surface area contributed by atoms with Crippen LogP contribution in [0.15, 0.2) is 48.8 Å². The van der Waals surface area contributed by atoms with Crippen LogP contribution in [-0.4, -0.2) is 48.0 Å². The van der Waals surface area contributed by atoms with Crippen molar-refractivity contribution in [3.8, 4) is 11.3 Å². The van der Waals surface area contributed by atoms with Gasteiger partial charge in [0.15, 0.2) is 5.65 Å². The zero-order chi connectivity index (χ0) is 18.5. The minimum Gasteiger partial charge on any atom is -0.390 e. The topological polar surface area (TPSA) is 98.5 Å². The zero-order valence-electron chi connectivity index (χ0n) is 14.9. The molecule has 3 heterocycles. The van der Waals surface area contributed by atoms with Gasteiger partial charge in [0.25, 0.3) is 0 Å². The smallest absolute Gasteiger partial charge is 0.157 e. The minimum absolute atomic E-state index is 0.0502. The number of aliphatic hydroxyl groups is 2. The van der Waals surface area contributed by atoms with Crippen molar-refractivity contribution in [1.29, 1.82) is 0 Å². The monoisotopic (exact) mass is 363 g/mol. The fourth-order valence-electron chi connectivity index (χ4n) is 4.03. The summed E-state index contributed by atoms with van der Waals surface area (Å²) in [6.45, 7) is 1.95. The van der Waals surface area contributed by atoms with Gasteiger partial charge in [0.05, 0.1) is 17.8 Å². The molecule has 7 nitrogen and oxygen atoms in total. The molecular weight excluding hydrogens is 342 g/mol. The maximum atomic E-state index is 10.3. The number of nitrogens with one attached hydrogen (secondary N) is 2. The lowest BCUT2D eigenvalue weighted by Crippen LogP contribution is -2.35. The Morgan fingerprint density at radius 3 is 2.89 bits per heavy atom. The van der Waals surface area contributed by atoms with E-state index in [-0.39, 0.29) is 12.0 Å². The lowest BCUT2D eigenvalue weighted by atomic mass is 10.1. The van der Waals surface area contributed by atoms with Crippen LogP contribution in [0.5, 0.6) is 0 Å². The normalized spacial score (nSPS) is 25.4. The molecule has 1 aliphatic carbocycles. The number of aromatic amines is 1. The van der Waals surface area contributed by atoms with E-state index in [1.165, 1.54) is 0 Å². The molecule has 0 radical (unpaired) electrons. The molecule has 5 rings (SSSR count). The Kier molecular flexibility index (Phi) is 3.66. The molecule has 27 heavy (non-hydrogen) atoms. The number of nitrogens with zero attached hydrogens (tertiary/aromatic N) is 3.